The van der Waals surface area contributed by atoms with Gasteiger partial charge in [-0.05, 0) is 30.9 Å². The number of hydrogen-bond acceptors (Lipinski definition) is 2. The molecule has 0 aromatic heterocycles. The van der Waals surface area contributed by atoms with E-state index in [2.05, 4.69) is 31.3 Å². The van der Waals surface area contributed by atoms with Crippen molar-refractivity contribution in [3.8, 4) is 0 Å². The van der Waals surface area contributed by atoms with Crippen LogP contribution in [0.4, 0.5) is 0 Å². The van der Waals surface area contributed by atoms with Crippen LogP contribution in [0.1, 0.15) is 44.6 Å². The summed E-state index contributed by atoms with van der Waals surface area (Å²) in [6.45, 7) is 5.11. The molecule has 2 atom stereocenters. The molecule has 0 amide bonds. The number of benzene rings is 1. The van der Waals surface area contributed by atoms with Crippen LogP contribution in [0.25, 0.3) is 0 Å². The van der Waals surface area contributed by atoms with Crippen molar-refractivity contribution in [1.82, 2.24) is 5.32 Å². The number of hydrogen-bond donors (Lipinski definition) is 2. The van der Waals surface area contributed by atoms with Crippen molar-refractivity contribution >= 4 is 5.97 Å². The zero-order valence-electron chi connectivity index (χ0n) is 11.2. The summed E-state index contributed by atoms with van der Waals surface area (Å²) in [5.74, 6) is -0.358. The van der Waals surface area contributed by atoms with E-state index in [4.69, 9.17) is 5.11 Å². The van der Waals surface area contributed by atoms with E-state index < -0.39 is 5.97 Å². The molecule has 3 nitrogen and oxygen atoms in total. The molecule has 0 saturated carbocycles. The van der Waals surface area contributed by atoms with Gasteiger partial charge >= 0.3 is 5.97 Å². The van der Waals surface area contributed by atoms with E-state index in [0.29, 0.717) is 5.92 Å². The lowest BCUT2D eigenvalue weighted by atomic mass is 9.92. The maximum absolute atomic E-state index is 10.9. The molecule has 100 valence electrons. The van der Waals surface area contributed by atoms with Crippen molar-refractivity contribution in [3.63, 3.8) is 0 Å². The second-order valence-electron chi connectivity index (χ2n) is 4.80. The van der Waals surface area contributed by atoms with E-state index in [1.807, 2.05) is 18.2 Å². The number of nitrogens with one attached hydrogen (secondary N) is 1. The van der Waals surface area contributed by atoms with Crippen LogP contribution in [0, 0.1) is 0 Å². The highest BCUT2D eigenvalue weighted by Gasteiger charge is 2.16. The van der Waals surface area contributed by atoms with Crippen LogP contribution in [-0.2, 0) is 4.79 Å². The zero-order chi connectivity index (χ0) is 13.4. The second kappa shape index (κ2) is 7.88. The Balaban J connectivity index is 2.56. The molecule has 0 fully saturated rings. The molecule has 3 heteroatoms. The first-order valence-corrected chi connectivity index (χ1v) is 6.63. The Morgan fingerprint density at radius 1 is 1.33 bits per heavy atom. The number of carboxylic acids is 1. The molecule has 0 heterocycles. The van der Waals surface area contributed by atoms with Crippen LogP contribution >= 0.6 is 0 Å². The Bertz CT molecular complexity index is 351. The Morgan fingerprint density at radius 2 is 2.00 bits per heavy atom. The van der Waals surface area contributed by atoms with Crippen LogP contribution in [0.3, 0.4) is 0 Å². The van der Waals surface area contributed by atoms with Gasteiger partial charge in [-0.2, -0.15) is 0 Å². The minimum atomic E-state index is -0.733. The quantitative estimate of drug-likeness (QED) is 0.744. The van der Waals surface area contributed by atoms with E-state index in [1.54, 1.807) is 0 Å². The van der Waals surface area contributed by atoms with Gasteiger partial charge in [0.05, 0.1) is 6.42 Å². The van der Waals surface area contributed by atoms with E-state index in [9.17, 15) is 4.79 Å². The number of rotatable bonds is 8. The summed E-state index contributed by atoms with van der Waals surface area (Å²) >= 11 is 0. The van der Waals surface area contributed by atoms with E-state index in [0.717, 1.165) is 19.4 Å². The summed E-state index contributed by atoms with van der Waals surface area (Å²) in [6.07, 6.45) is 2.07. The maximum Gasteiger partial charge on any atom is 0.304 e. The lowest BCUT2D eigenvalue weighted by Gasteiger charge is -2.21. The molecular weight excluding hydrogens is 226 g/mol. The molecule has 2 unspecified atom stereocenters. The Hall–Kier alpha value is -1.35. The number of carbonyl (C=O) groups is 1. The van der Waals surface area contributed by atoms with Crippen LogP contribution in [0.5, 0.6) is 0 Å². The van der Waals surface area contributed by atoms with Gasteiger partial charge in [0, 0.05) is 6.04 Å². The lowest BCUT2D eigenvalue weighted by molar-refractivity contribution is -0.137. The van der Waals surface area contributed by atoms with Gasteiger partial charge in [-0.3, -0.25) is 4.79 Å². The largest absolute Gasteiger partial charge is 0.481 e. The van der Waals surface area contributed by atoms with Crippen LogP contribution < -0.4 is 5.32 Å². The normalized spacial score (nSPS) is 14.1. The topological polar surface area (TPSA) is 49.3 Å². The molecule has 1 aromatic carbocycles. The Morgan fingerprint density at radius 3 is 2.56 bits per heavy atom. The third kappa shape index (κ3) is 5.32. The third-order valence-corrected chi connectivity index (χ3v) is 3.11. The fourth-order valence-electron chi connectivity index (χ4n) is 2.14. The molecule has 0 spiro atoms. The van der Waals surface area contributed by atoms with Gasteiger partial charge in [0.25, 0.3) is 0 Å². The predicted molar refractivity (Wildman–Crippen MR) is 73.8 cm³/mol. The summed E-state index contributed by atoms with van der Waals surface area (Å²) < 4.78 is 0. The highest BCUT2D eigenvalue weighted by molar-refractivity contribution is 5.67. The van der Waals surface area contributed by atoms with Crippen molar-refractivity contribution in [2.75, 3.05) is 6.54 Å². The monoisotopic (exact) mass is 249 g/mol. The fourth-order valence-corrected chi connectivity index (χ4v) is 2.14. The average Bonchev–Trinajstić information content (AvgIpc) is 2.36. The summed E-state index contributed by atoms with van der Waals surface area (Å²) in [4.78, 5) is 10.9. The molecule has 0 aliphatic carbocycles. The molecule has 0 aliphatic heterocycles. The molecule has 1 aromatic rings. The summed E-state index contributed by atoms with van der Waals surface area (Å²) in [7, 11) is 0. The first-order chi connectivity index (χ1) is 8.63. The highest BCUT2D eigenvalue weighted by atomic mass is 16.4. The number of aliphatic carboxylic acids is 1. The first kappa shape index (κ1) is 14.7. The standard InChI is InChI=1S/C15H23NO2/c1-3-9-16-14(11-15(17)18)10-12(2)13-7-5-4-6-8-13/h4-8,12,14,16H,3,9-11H2,1-2H3,(H,17,18). The van der Waals surface area contributed by atoms with Crippen LogP contribution in [-0.4, -0.2) is 23.7 Å². The van der Waals surface area contributed by atoms with Crippen molar-refractivity contribution in [3.05, 3.63) is 35.9 Å². The van der Waals surface area contributed by atoms with E-state index in [1.165, 1.54) is 5.56 Å². The lowest BCUT2D eigenvalue weighted by Crippen LogP contribution is -2.33. The third-order valence-electron chi connectivity index (χ3n) is 3.11. The summed E-state index contributed by atoms with van der Waals surface area (Å²) in [6, 6.07) is 10.3. The molecule has 0 bridgehead atoms. The smallest absolute Gasteiger partial charge is 0.304 e. The van der Waals surface area contributed by atoms with Gasteiger partial charge in [0.15, 0.2) is 0 Å². The van der Waals surface area contributed by atoms with Crippen LogP contribution in [0.15, 0.2) is 30.3 Å². The molecule has 0 radical (unpaired) electrons. The van der Waals surface area contributed by atoms with Crippen molar-refractivity contribution in [2.24, 2.45) is 0 Å². The Labute approximate surface area is 109 Å². The second-order valence-corrected chi connectivity index (χ2v) is 4.80. The van der Waals surface area contributed by atoms with E-state index >= 15 is 0 Å². The average molecular weight is 249 g/mol. The Kier molecular flexibility index (Phi) is 6.44. The van der Waals surface area contributed by atoms with E-state index in [-0.39, 0.29) is 12.5 Å². The van der Waals surface area contributed by atoms with Gasteiger partial charge in [0.2, 0.25) is 0 Å². The minimum absolute atomic E-state index is 0.0534. The molecule has 0 saturated heterocycles. The number of carboxylic acid groups (broad SMARTS) is 1. The predicted octanol–water partition coefficient (Wildman–Crippen LogP) is 3.02. The van der Waals surface area contributed by atoms with Crippen molar-refractivity contribution < 1.29 is 9.90 Å². The summed E-state index contributed by atoms with van der Waals surface area (Å²) in [5, 5.41) is 12.2. The zero-order valence-corrected chi connectivity index (χ0v) is 11.2. The SMILES string of the molecule is CCCNC(CC(=O)O)CC(C)c1ccccc1. The van der Waals surface area contributed by atoms with Gasteiger partial charge in [-0.1, -0.05) is 44.2 Å². The highest BCUT2D eigenvalue weighted by Crippen LogP contribution is 2.21. The summed E-state index contributed by atoms with van der Waals surface area (Å²) in [5.41, 5.74) is 1.27. The maximum atomic E-state index is 10.9. The molecule has 0 aliphatic rings. The first-order valence-electron chi connectivity index (χ1n) is 6.63. The van der Waals surface area contributed by atoms with Gasteiger partial charge in [-0.15, -0.1) is 0 Å². The van der Waals surface area contributed by atoms with Crippen molar-refractivity contribution in [2.45, 2.75) is 45.1 Å². The van der Waals surface area contributed by atoms with Crippen molar-refractivity contribution in [1.29, 1.82) is 0 Å². The molecule has 2 N–H and O–H groups in total. The molecule has 18 heavy (non-hydrogen) atoms. The van der Waals surface area contributed by atoms with Gasteiger partial charge in [-0.25, -0.2) is 0 Å². The minimum Gasteiger partial charge on any atom is -0.481 e. The van der Waals surface area contributed by atoms with Gasteiger partial charge < -0.3 is 10.4 Å². The molecule has 1 rings (SSSR count). The van der Waals surface area contributed by atoms with Gasteiger partial charge in [0.1, 0.15) is 0 Å². The molecular formula is C15H23NO2. The van der Waals surface area contributed by atoms with Crippen LogP contribution in [0.2, 0.25) is 0 Å². The fraction of sp³-hybridized carbons (Fsp3) is 0.533.